The summed E-state index contributed by atoms with van der Waals surface area (Å²) in [5, 5.41) is 24.1. The number of thiophene rings is 1. The van der Waals surface area contributed by atoms with Crippen LogP contribution in [0.1, 0.15) is 43.0 Å². The predicted octanol–water partition coefficient (Wildman–Crippen LogP) is 6.41. The summed E-state index contributed by atoms with van der Waals surface area (Å²) in [4.78, 5) is 27.8. The van der Waals surface area contributed by atoms with Gasteiger partial charge in [-0.3, -0.25) is 19.8 Å². The van der Waals surface area contributed by atoms with E-state index >= 15 is 0 Å². The Kier molecular flexibility index (Phi) is 5.45. The first-order valence-corrected chi connectivity index (χ1v) is 12.2. The highest BCUT2D eigenvalue weighted by molar-refractivity contribution is 7.10. The molecular formula is C27H24N4O3S. The molecule has 2 aliphatic rings. The number of hydrogen-bond donors (Lipinski definition) is 0. The fraction of sp³-hybridized carbons (Fsp3) is 0.259. The molecule has 0 spiro atoms. The zero-order chi connectivity index (χ0) is 24.9. The maximum Gasteiger partial charge on any atom is 0.271 e. The van der Waals surface area contributed by atoms with E-state index in [-0.39, 0.29) is 16.9 Å². The fourth-order valence-electron chi connectivity index (χ4n) is 5.15. The van der Waals surface area contributed by atoms with E-state index in [1.165, 1.54) is 23.5 Å². The van der Waals surface area contributed by atoms with E-state index in [4.69, 9.17) is 0 Å². The average molecular weight is 485 g/mol. The molecule has 1 atom stereocenters. The molecule has 35 heavy (non-hydrogen) atoms. The van der Waals surface area contributed by atoms with Gasteiger partial charge in [0.1, 0.15) is 5.82 Å². The van der Waals surface area contributed by atoms with E-state index in [1.54, 1.807) is 6.07 Å². The Morgan fingerprint density at radius 3 is 2.54 bits per heavy atom. The molecule has 7 nitrogen and oxygen atoms in total. The van der Waals surface area contributed by atoms with Gasteiger partial charge in [0, 0.05) is 47.1 Å². The molecule has 0 bridgehead atoms. The molecule has 1 aromatic carbocycles. The van der Waals surface area contributed by atoms with Crippen LogP contribution in [-0.2, 0) is 4.79 Å². The van der Waals surface area contributed by atoms with Gasteiger partial charge in [-0.05, 0) is 47.9 Å². The van der Waals surface area contributed by atoms with E-state index in [0.717, 1.165) is 16.1 Å². The molecule has 0 saturated heterocycles. The number of allylic oxidation sites excluding steroid dienone is 3. The van der Waals surface area contributed by atoms with Crippen molar-refractivity contribution in [1.29, 1.82) is 5.26 Å². The van der Waals surface area contributed by atoms with E-state index in [9.17, 15) is 20.2 Å². The lowest BCUT2D eigenvalue weighted by molar-refractivity contribution is -0.384. The number of rotatable bonds is 4. The minimum Gasteiger partial charge on any atom is -0.309 e. The second kappa shape index (κ2) is 8.36. The van der Waals surface area contributed by atoms with Crippen LogP contribution in [0.3, 0.4) is 0 Å². The highest BCUT2D eigenvalue weighted by atomic mass is 32.1. The Hall–Kier alpha value is -3.96. The van der Waals surface area contributed by atoms with Crippen LogP contribution in [-0.4, -0.2) is 15.3 Å². The lowest BCUT2D eigenvalue weighted by atomic mass is 9.69. The number of non-ortho nitro benzene ring substituents is 1. The van der Waals surface area contributed by atoms with Crippen molar-refractivity contribution in [2.75, 3.05) is 4.90 Å². The van der Waals surface area contributed by atoms with Crippen LogP contribution >= 0.6 is 11.3 Å². The van der Waals surface area contributed by atoms with E-state index in [1.807, 2.05) is 58.4 Å². The summed E-state index contributed by atoms with van der Waals surface area (Å²) in [6, 6.07) is 14.8. The predicted molar refractivity (Wildman–Crippen MR) is 136 cm³/mol. The third-order valence-corrected chi connectivity index (χ3v) is 7.58. The van der Waals surface area contributed by atoms with Gasteiger partial charge in [-0.2, -0.15) is 5.26 Å². The first-order chi connectivity index (χ1) is 16.7. The number of aromatic nitrogens is 1. The molecule has 1 aliphatic carbocycles. The number of Topliss-reactive ketones (excluding diaryl/α,β-unsaturated/α-hetero) is 1. The molecule has 2 aromatic heterocycles. The third kappa shape index (κ3) is 3.78. The second-order valence-corrected chi connectivity index (χ2v) is 10.7. The largest absolute Gasteiger partial charge is 0.309 e. The van der Waals surface area contributed by atoms with Gasteiger partial charge in [0.15, 0.2) is 5.78 Å². The molecule has 5 rings (SSSR count). The van der Waals surface area contributed by atoms with Gasteiger partial charge in [-0.25, -0.2) is 0 Å². The zero-order valence-electron chi connectivity index (χ0n) is 19.7. The van der Waals surface area contributed by atoms with Crippen molar-refractivity contribution in [1.82, 2.24) is 4.57 Å². The van der Waals surface area contributed by atoms with Crippen molar-refractivity contribution in [2.45, 2.75) is 39.5 Å². The summed E-state index contributed by atoms with van der Waals surface area (Å²) in [6.07, 6.45) is 4.70. The molecule has 8 heteroatoms. The van der Waals surface area contributed by atoms with Crippen LogP contribution in [0.2, 0.25) is 0 Å². The van der Waals surface area contributed by atoms with Crippen LogP contribution in [0.15, 0.2) is 77.1 Å². The number of nitro groups is 1. The molecule has 0 saturated carbocycles. The van der Waals surface area contributed by atoms with Gasteiger partial charge in [0.05, 0.1) is 28.2 Å². The zero-order valence-corrected chi connectivity index (χ0v) is 20.5. The smallest absolute Gasteiger partial charge is 0.271 e. The highest BCUT2D eigenvalue weighted by Gasteiger charge is 2.46. The first-order valence-electron chi connectivity index (χ1n) is 11.3. The highest BCUT2D eigenvalue weighted by Crippen LogP contribution is 2.53. The first kappa shape index (κ1) is 22.8. The summed E-state index contributed by atoms with van der Waals surface area (Å²) in [6.45, 7) is 6.01. The van der Waals surface area contributed by atoms with Crippen molar-refractivity contribution in [3.05, 3.63) is 97.6 Å². The monoisotopic (exact) mass is 484 g/mol. The summed E-state index contributed by atoms with van der Waals surface area (Å²) >= 11 is 1.52. The average Bonchev–Trinajstić information content (AvgIpc) is 3.51. The molecule has 0 N–H and O–H groups in total. The second-order valence-electron chi connectivity index (χ2n) is 9.75. The third-order valence-electron chi connectivity index (χ3n) is 6.64. The van der Waals surface area contributed by atoms with Crippen molar-refractivity contribution < 1.29 is 9.72 Å². The minimum absolute atomic E-state index is 0.0158. The molecule has 1 aliphatic heterocycles. The molecular weight excluding hydrogens is 460 g/mol. The number of benzene rings is 1. The number of carbonyl (C=O) groups is 1. The molecule has 3 aromatic rings. The fourth-order valence-corrected chi connectivity index (χ4v) is 5.99. The molecule has 0 fully saturated rings. The van der Waals surface area contributed by atoms with Crippen LogP contribution in [0.4, 0.5) is 11.4 Å². The normalized spacial score (nSPS) is 19.5. The number of nitro benzene ring substituents is 1. The van der Waals surface area contributed by atoms with Gasteiger partial charge in [-0.1, -0.05) is 26.0 Å². The van der Waals surface area contributed by atoms with Gasteiger partial charge < -0.3 is 4.57 Å². The van der Waals surface area contributed by atoms with Crippen LogP contribution in [0.25, 0.3) is 5.82 Å². The molecule has 0 radical (unpaired) electrons. The van der Waals surface area contributed by atoms with E-state index < -0.39 is 10.8 Å². The van der Waals surface area contributed by atoms with Gasteiger partial charge >= 0.3 is 0 Å². The summed E-state index contributed by atoms with van der Waals surface area (Å²) < 4.78 is 1.87. The maximum absolute atomic E-state index is 13.7. The number of carbonyl (C=O) groups excluding carboxylic acids is 1. The molecule has 3 heterocycles. The van der Waals surface area contributed by atoms with Gasteiger partial charge in [-0.15, -0.1) is 11.3 Å². The Bertz CT molecular complexity index is 1440. The van der Waals surface area contributed by atoms with Crippen molar-refractivity contribution in [2.24, 2.45) is 5.41 Å². The summed E-state index contributed by atoms with van der Waals surface area (Å²) in [7, 11) is 0. The Balaban J connectivity index is 1.89. The Morgan fingerprint density at radius 1 is 1.17 bits per heavy atom. The number of nitriles is 1. The van der Waals surface area contributed by atoms with E-state index in [2.05, 4.69) is 19.9 Å². The number of nitrogens with zero attached hydrogens (tertiary/aromatic N) is 4. The number of ketones is 1. The topological polar surface area (TPSA) is 92.2 Å². The molecule has 0 amide bonds. The maximum atomic E-state index is 13.7. The summed E-state index contributed by atoms with van der Waals surface area (Å²) in [5.74, 6) is 0.136. The van der Waals surface area contributed by atoms with Crippen molar-refractivity contribution >= 4 is 34.3 Å². The quantitative estimate of drug-likeness (QED) is 0.315. The lowest BCUT2D eigenvalue weighted by Gasteiger charge is -2.45. The Morgan fingerprint density at radius 2 is 1.91 bits per heavy atom. The summed E-state index contributed by atoms with van der Waals surface area (Å²) in [5.41, 5.74) is 2.93. The number of anilines is 1. The van der Waals surface area contributed by atoms with Crippen molar-refractivity contribution in [3.8, 4) is 6.07 Å². The van der Waals surface area contributed by atoms with Crippen molar-refractivity contribution in [3.63, 3.8) is 0 Å². The van der Waals surface area contributed by atoms with Gasteiger partial charge in [0.25, 0.3) is 5.69 Å². The lowest BCUT2D eigenvalue weighted by Crippen LogP contribution is -2.40. The van der Waals surface area contributed by atoms with Gasteiger partial charge in [0.2, 0.25) is 0 Å². The van der Waals surface area contributed by atoms with Crippen LogP contribution in [0.5, 0.6) is 0 Å². The Labute approximate surface area is 207 Å². The standard InChI is InChI=1S/C27H24N4O3S/c1-17-8-9-18(31(33)34)13-20(17)30-21-14-27(2,3)15-22(32)25(21)24(23-7-6-12-35-23)19(16-28)26(30)29-10-4-5-11-29/h4-13,24H,14-15H2,1-3H3. The van der Waals surface area contributed by atoms with Crippen LogP contribution < -0.4 is 4.90 Å². The molecule has 1 unspecified atom stereocenters. The number of hydrogen-bond acceptors (Lipinski definition) is 6. The van der Waals surface area contributed by atoms with E-state index in [0.29, 0.717) is 35.5 Å². The SMILES string of the molecule is Cc1ccc([N+](=O)[O-])cc1N1C2=C(C(=O)CC(C)(C)C2)C(c2cccs2)C(C#N)=C1n1cccc1. The molecule has 176 valence electrons. The number of aryl methyl sites for hydroxylation is 1. The minimum atomic E-state index is -0.480. The van der Waals surface area contributed by atoms with Crippen LogP contribution in [0, 0.1) is 33.8 Å².